The Kier molecular flexibility index (Phi) is 5.00. The van der Waals surface area contributed by atoms with Gasteiger partial charge in [-0.1, -0.05) is 16.8 Å². The Morgan fingerprint density at radius 1 is 1.33 bits per heavy atom. The summed E-state index contributed by atoms with van der Waals surface area (Å²) < 4.78 is 42.8. The van der Waals surface area contributed by atoms with Crippen molar-refractivity contribution < 1.29 is 18.0 Å². The van der Waals surface area contributed by atoms with Gasteiger partial charge in [-0.2, -0.15) is 23.0 Å². The highest BCUT2D eigenvalue weighted by atomic mass is 35.5. The van der Waals surface area contributed by atoms with Crippen LogP contribution in [0.5, 0.6) is 0 Å². The van der Waals surface area contributed by atoms with Gasteiger partial charge in [-0.15, -0.1) is 5.10 Å². The van der Waals surface area contributed by atoms with Crippen molar-refractivity contribution >= 4 is 17.5 Å². The molecule has 0 radical (unpaired) electrons. The van der Waals surface area contributed by atoms with Gasteiger partial charge in [-0.3, -0.25) is 9.48 Å². The summed E-state index contributed by atoms with van der Waals surface area (Å²) in [4.78, 5) is 18.2. The zero-order chi connectivity index (χ0) is 21.6. The molecular weight excluding hydrogens is 423 g/mol. The first kappa shape index (κ1) is 20.3. The third-order valence-corrected chi connectivity index (χ3v) is 5.45. The third-order valence-electron chi connectivity index (χ3n) is 5.07. The monoisotopic (exact) mass is 439 g/mol. The number of carbonyl (C=O) groups excluding carboxylic acids is 1. The second kappa shape index (κ2) is 7.38. The van der Waals surface area contributed by atoms with Gasteiger partial charge >= 0.3 is 6.18 Å². The second-order valence-corrected chi connectivity index (χ2v) is 7.18. The molecule has 4 heterocycles. The maximum atomic E-state index is 13.1. The number of hydrogen-bond acceptors (Lipinski definition) is 5. The Labute approximate surface area is 174 Å². The average molecular weight is 440 g/mol. The summed E-state index contributed by atoms with van der Waals surface area (Å²) in [5.41, 5.74) is -0.166. The lowest BCUT2D eigenvalue weighted by atomic mass is 10.0. The lowest BCUT2D eigenvalue weighted by Crippen LogP contribution is -2.40. The van der Waals surface area contributed by atoms with Crippen LogP contribution >= 0.6 is 11.6 Å². The molecule has 0 saturated heterocycles. The number of rotatable bonds is 3. The van der Waals surface area contributed by atoms with E-state index in [0.29, 0.717) is 24.5 Å². The maximum Gasteiger partial charge on any atom is 0.417 e. The topological polar surface area (TPSA) is 81.7 Å². The minimum atomic E-state index is -4.68. The highest BCUT2D eigenvalue weighted by Gasteiger charge is 2.38. The van der Waals surface area contributed by atoms with Gasteiger partial charge < -0.3 is 4.90 Å². The Morgan fingerprint density at radius 3 is 2.77 bits per heavy atom. The fraction of sp³-hybridized carbons (Fsp3) is 0.389. The molecule has 1 amide bonds. The average Bonchev–Trinajstić information content (AvgIpc) is 3.34. The van der Waals surface area contributed by atoms with E-state index < -0.39 is 34.4 Å². The summed E-state index contributed by atoms with van der Waals surface area (Å²) in [5, 5.41) is 12.1. The molecule has 1 atom stereocenters. The summed E-state index contributed by atoms with van der Waals surface area (Å²) in [7, 11) is 0. The van der Waals surface area contributed by atoms with Gasteiger partial charge in [-0.25, -0.2) is 4.98 Å². The van der Waals surface area contributed by atoms with Crippen molar-refractivity contribution in [1.82, 2.24) is 34.7 Å². The molecule has 30 heavy (non-hydrogen) atoms. The molecule has 4 rings (SSSR count). The molecule has 0 unspecified atom stereocenters. The normalized spacial score (nSPS) is 16.6. The summed E-state index contributed by atoms with van der Waals surface area (Å²) in [6, 6.07) is 2.04. The number of amides is 1. The lowest BCUT2D eigenvalue weighted by Gasteiger charge is -2.32. The number of fused-ring (bicyclic) bond motifs is 1. The number of aryl methyl sites for hydroxylation is 1. The first-order valence-corrected chi connectivity index (χ1v) is 9.61. The maximum absolute atomic E-state index is 13.1. The molecule has 3 aromatic heterocycles. The van der Waals surface area contributed by atoms with Crippen LogP contribution in [0.2, 0.25) is 5.02 Å². The predicted molar refractivity (Wildman–Crippen MR) is 100 cm³/mol. The van der Waals surface area contributed by atoms with Crippen molar-refractivity contribution in [2.24, 2.45) is 0 Å². The van der Waals surface area contributed by atoms with Gasteiger partial charge in [0.15, 0.2) is 5.82 Å². The van der Waals surface area contributed by atoms with Crippen LogP contribution < -0.4 is 0 Å². The molecule has 0 spiro atoms. The quantitative estimate of drug-likeness (QED) is 0.625. The summed E-state index contributed by atoms with van der Waals surface area (Å²) >= 11 is 5.88. The lowest BCUT2D eigenvalue weighted by molar-refractivity contribution is -0.137. The van der Waals surface area contributed by atoms with E-state index in [2.05, 4.69) is 20.4 Å². The van der Waals surface area contributed by atoms with Gasteiger partial charge in [0.1, 0.15) is 11.4 Å². The van der Waals surface area contributed by atoms with Crippen molar-refractivity contribution in [3.8, 4) is 5.82 Å². The van der Waals surface area contributed by atoms with E-state index in [9.17, 15) is 18.0 Å². The van der Waals surface area contributed by atoms with Gasteiger partial charge in [-0.05, 0) is 19.9 Å². The van der Waals surface area contributed by atoms with Crippen LogP contribution in [0.3, 0.4) is 0 Å². The molecule has 0 N–H and O–H groups in total. The van der Waals surface area contributed by atoms with Crippen LogP contribution in [0.25, 0.3) is 5.82 Å². The largest absolute Gasteiger partial charge is 0.417 e. The standard InChI is InChI=1S/C18H17ClF3N7O/c1-3-27-8-6-13(25-27)29-12-5-9-28(10(2)15(12)24-26-29)17(30)16-14(19)11(4-7-23-16)18(20,21)22/h4,6-8,10H,3,5,9H2,1-2H3/t10-/m0/s1. The third kappa shape index (κ3) is 3.32. The Bertz CT molecular complexity index is 1110. The fourth-order valence-corrected chi connectivity index (χ4v) is 3.79. The fourth-order valence-electron chi connectivity index (χ4n) is 3.49. The molecule has 0 bridgehead atoms. The molecule has 0 aromatic carbocycles. The van der Waals surface area contributed by atoms with Crippen LogP contribution in [0, 0.1) is 0 Å². The molecule has 0 fully saturated rings. The van der Waals surface area contributed by atoms with Gasteiger partial charge in [0.05, 0.1) is 22.3 Å². The number of carbonyl (C=O) groups is 1. The Hall–Kier alpha value is -2.95. The molecule has 0 aliphatic carbocycles. The Balaban J connectivity index is 1.65. The van der Waals surface area contributed by atoms with Crippen LogP contribution in [0.4, 0.5) is 13.2 Å². The molecule has 12 heteroatoms. The van der Waals surface area contributed by atoms with E-state index in [1.807, 2.05) is 19.2 Å². The molecule has 8 nitrogen and oxygen atoms in total. The number of hydrogen-bond donors (Lipinski definition) is 0. The molecule has 1 aliphatic heterocycles. The molecular formula is C18H17ClF3N7O. The van der Waals surface area contributed by atoms with Crippen LogP contribution in [0.15, 0.2) is 24.5 Å². The van der Waals surface area contributed by atoms with E-state index in [4.69, 9.17) is 11.6 Å². The van der Waals surface area contributed by atoms with Crippen molar-refractivity contribution in [2.75, 3.05) is 6.54 Å². The minimum absolute atomic E-state index is 0.253. The minimum Gasteiger partial charge on any atom is -0.328 e. The van der Waals surface area contributed by atoms with Crippen molar-refractivity contribution in [1.29, 1.82) is 0 Å². The number of halogens is 4. The van der Waals surface area contributed by atoms with E-state index in [0.717, 1.165) is 18.0 Å². The van der Waals surface area contributed by atoms with Crippen LogP contribution in [-0.4, -0.2) is 47.1 Å². The summed E-state index contributed by atoms with van der Waals surface area (Å²) in [5.74, 6) is -0.0748. The number of pyridine rings is 1. The summed E-state index contributed by atoms with van der Waals surface area (Å²) in [6.45, 7) is 4.66. The Morgan fingerprint density at radius 2 is 2.10 bits per heavy atom. The van der Waals surface area contributed by atoms with E-state index in [1.165, 1.54) is 4.90 Å². The predicted octanol–water partition coefficient (Wildman–Crippen LogP) is 3.31. The van der Waals surface area contributed by atoms with Gasteiger partial charge in [0, 0.05) is 38.0 Å². The molecule has 1 aliphatic rings. The highest BCUT2D eigenvalue weighted by Crippen LogP contribution is 2.37. The zero-order valence-corrected chi connectivity index (χ0v) is 16.8. The zero-order valence-electron chi connectivity index (χ0n) is 16.1. The van der Waals surface area contributed by atoms with E-state index >= 15 is 0 Å². The van der Waals surface area contributed by atoms with Crippen molar-refractivity contribution in [2.45, 2.75) is 39.0 Å². The molecule has 0 saturated carbocycles. The first-order chi connectivity index (χ1) is 14.2. The van der Waals surface area contributed by atoms with E-state index in [-0.39, 0.29) is 6.54 Å². The summed E-state index contributed by atoms with van der Waals surface area (Å²) in [6.07, 6.45) is -1.51. The van der Waals surface area contributed by atoms with Gasteiger partial charge in [0.2, 0.25) is 0 Å². The molecule has 158 valence electrons. The van der Waals surface area contributed by atoms with Crippen molar-refractivity contribution in [3.05, 3.63) is 52.2 Å². The highest BCUT2D eigenvalue weighted by molar-refractivity contribution is 6.34. The SMILES string of the molecule is CCn1ccc(-n2nnc3c2CCN(C(=O)c2nccc(C(F)(F)F)c2Cl)[C@H]3C)n1. The van der Waals surface area contributed by atoms with Crippen molar-refractivity contribution in [3.63, 3.8) is 0 Å². The molecule has 3 aromatic rings. The second-order valence-electron chi connectivity index (χ2n) is 6.81. The number of aromatic nitrogens is 6. The van der Waals surface area contributed by atoms with Crippen LogP contribution in [-0.2, 0) is 19.1 Å². The van der Waals surface area contributed by atoms with E-state index in [1.54, 1.807) is 16.3 Å². The smallest absolute Gasteiger partial charge is 0.328 e. The van der Waals surface area contributed by atoms with Gasteiger partial charge in [0.25, 0.3) is 5.91 Å². The first-order valence-electron chi connectivity index (χ1n) is 9.23. The number of alkyl halides is 3. The number of nitrogens with zero attached hydrogens (tertiary/aromatic N) is 7. The van der Waals surface area contributed by atoms with Crippen LogP contribution in [0.1, 0.15) is 47.3 Å².